The van der Waals surface area contributed by atoms with Gasteiger partial charge in [0.1, 0.15) is 0 Å². The van der Waals surface area contributed by atoms with Gasteiger partial charge in [0.05, 0.1) is 0 Å². The first kappa shape index (κ1) is 20.1. The number of nitrogens with zero attached hydrogens (tertiary/aromatic N) is 2. The van der Waals surface area contributed by atoms with E-state index >= 15 is 0 Å². The molecule has 2 saturated heterocycles. The van der Waals surface area contributed by atoms with Crippen molar-refractivity contribution in [3.8, 4) is 0 Å². The van der Waals surface area contributed by atoms with E-state index in [-0.39, 0.29) is 24.8 Å². The zero-order chi connectivity index (χ0) is 13.8. The quantitative estimate of drug-likeness (QED) is 0.827. The third-order valence-corrected chi connectivity index (χ3v) is 4.76. The third-order valence-electron chi connectivity index (χ3n) is 4.33. The lowest BCUT2D eigenvalue weighted by Gasteiger charge is -2.41. The maximum atomic E-state index is 5.54. The van der Waals surface area contributed by atoms with Crippen molar-refractivity contribution in [1.82, 2.24) is 15.2 Å². The molecule has 0 bridgehead atoms. The first-order valence-corrected chi connectivity index (χ1v) is 8.27. The third kappa shape index (κ3) is 5.05. The fraction of sp³-hybridized carbons (Fsp3) is 0.667. The van der Waals surface area contributed by atoms with Crippen LogP contribution in [-0.4, -0.2) is 49.3 Å². The van der Waals surface area contributed by atoms with E-state index in [0.29, 0.717) is 12.0 Å². The summed E-state index contributed by atoms with van der Waals surface area (Å²) in [5.74, 6) is 0.679. The average molecular weight is 413 g/mol. The lowest BCUT2D eigenvalue weighted by molar-refractivity contribution is 0.0212. The Balaban J connectivity index is 0.00000121. The number of nitrogens with one attached hydrogen (secondary N) is 1. The molecule has 0 radical (unpaired) electrons. The van der Waals surface area contributed by atoms with Crippen LogP contribution in [0.2, 0.25) is 0 Å². The summed E-state index contributed by atoms with van der Waals surface area (Å²) in [6, 6.07) is 2.71. The number of hydrogen-bond donors (Lipinski definition) is 1. The molecular weight excluding hydrogens is 389 g/mol. The van der Waals surface area contributed by atoms with E-state index in [0.717, 1.165) is 56.7 Å². The molecule has 0 aliphatic carbocycles. The molecule has 0 saturated carbocycles. The summed E-state index contributed by atoms with van der Waals surface area (Å²) in [6.45, 7) is 6.20. The number of pyridine rings is 1. The van der Waals surface area contributed by atoms with E-state index < -0.39 is 0 Å². The predicted molar refractivity (Wildman–Crippen MR) is 97.2 cm³/mol. The second-order valence-electron chi connectivity index (χ2n) is 5.62. The first-order valence-electron chi connectivity index (χ1n) is 7.47. The lowest BCUT2D eigenvalue weighted by Crippen LogP contribution is -2.47. The Morgan fingerprint density at radius 2 is 1.86 bits per heavy atom. The molecule has 1 aromatic heterocycles. The molecule has 4 nitrogen and oxygen atoms in total. The van der Waals surface area contributed by atoms with Crippen LogP contribution in [0.1, 0.15) is 24.4 Å². The molecule has 0 amide bonds. The van der Waals surface area contributed by atoms with Crippen molar-refractivity contribution in [3.63, 3.8) is 0 Å². The minimum absolute atomic E-state index is 0. The molecule has 1 N–H and O–H groups in total. The molecule has 0 aromatic carbocycles. The first-order chi connectivity index (χ1) is 9.84. The summed E-state index contributed by atoms with van der Waals surface area (Å²) in [7, 11) is 0. The summed E-state index contributed by atoms with van der Waals surface area (Å²) in [6.07, 6.45) is 6.21. The fourth-order valence-electron chi connectivity index (χ4n) is 3.36. The van der Waals surface area contributed by atoms with E-state index in [1.807, 2.05) is 12.4 Å². The summed E-state index contributed by atoms with van der Waals surface area (Å²) in [5, 5.41) is 3.44. The van der Waals surface area contributed by atoms with Crippen molar-refractivity contribution in [2.45, 2.75) is 18.9 Å². The highest BCUT2D eigenvalue weighted by atomic mass is 79.9. The van der Waals surface area contributed by atoms with Gasteiger partial charge in [-0.2, -0.15) is 0 Å². The van der Waals surface area contributed by atoms with Gasteiger partial charge in [0.25, 0.3) is 0 Å². The molecule has 2 aliphatic heterocycles. The lowest BCUT2D eigenvalue weighted by atomic mass is 9.86. The molecule has 2 aliphatic rings. The number of halogens is 3. The molecule has 126 valence electrons. The van der Waals surface area contributed by atoms with Crippen LogP contribution in [0, 0.1) is 5.92 Å². The van der Waals surface area contributed by atoms with Crippen LogP contribution in [0.4, 0.5) is 0 Å². The summed E-state index contributed by atoms with van der Waals surface area (Å²) in [4.78, 5) is 7.00. The van der Waals surface area contributed by atoms with Crippen LogP contribution in [0.5, 0.6) is 0 Å². The monoisotopic (exact) mass is 411 g/mol. The van der Waals surface area contributed by atoms with Crippen LogP contribution in [0.25, 0.3) is 0 Å². The van der Waals surface area contributed by atoms with Crippen molar-refractivity contribution in [1.29, 1.82) is 0 Å². The van der Waals surface area contributed by atoms with Gasteiger partial charge in [-0.15, -0.1) is 24.8 Å². The highest BCUT2D eigenvalue weighted by molar-refractivity contribution is 9.10. The van der Waals surface area contributed by atoms with E-state index in [9.17, 15) is 0 Å². The molecule has 3 rings (SSSR count). The van der Waals surface area contributed by atoms with Crippen molar-refractivity contribution < 1.29 is 4.74 Å². The highest BCUT2D eigenvalue weighted by Crippen LogP contribution is 2.35. The van der Waals surface area contributed by atoms with Gasteiger partial charge in [-0.05, 0) is 46.3 Å². The van der Waals surface area contributed by atoms with Gasteiger partial charge in [0.2, 0.25) is 0 Å². The Hall–Kier alpha value is 0.0900. The summed E-state index contributed by atoms with van der Waals surface area (Å²) >= 11 is 3.56. The van der Waals surface area contributed by atoms with Crippen molar-refractivity contribution in [2.24, 2.45) is 5.92 Å². The van der Waals surface area contributed by atoms with E-state index in [1.165, 1.54) is 5.56 Å². The number of aromatic nitrogens is 1. The fourth-order valence-corrected chi connectivity index (χ4v) is 3.75. The second kappa shape index (κ2) is 10.1. The predicted octanol–water partition coefficient (Wildman–Crippen LogP) is 3.06. The Morgan fingerprint density at radius 3 is 2.50 bits per heavy atom. The number of rotatable bonds is 3. The number of piperazine rings is 1. The molecule has 2 fully saturated rings. The van der Waals surface area contributed by atoms with Gasteiger partial charge in [-0.3, -0.25) is 9.88 Å². The molecule has 1 aromatic rings. The Morgan fingerprint density at radius 1 is 1.18 bits per heavy atom. The molecule has 22 heavy (non-hydrogen) atoms. The Bertz CT molecular complexity index is 423. The van der Waals surface area contributed by atoms with Crippen molar-refractivity contribution >= 4 is 40.7 Å². The van der Waals surface area contributed by atoms with E-state index in [2.05, 4.69) is 37.2 Å². The average Bonchev–Trinajstić information content (AvgIpc) is 2.50. The second-order valence-corrected chi connectivity index (χ2v) is 6.53. The van der Waals surface area contributed by atoms with Crippen molar-refractivity contribution in [3.05, 3.63) is 28.5 Å². The molecular formula is C15H24BrCl2N3O. The minimum atomic E-state index is 0. The van der Waals surface area contributed by atoms with Crippen LogP contribution in [-0.2, 0) is 4.74 Å². The minimum Gasteiger partial charge on any atom is -0.381 e. The van der Waals surface area contributed by atoms with Crippen LogP contribution < -0.4 is 5.32 Å². The highest BCUT2D eigenvalue weighted by Gasteiger charge is 2.31. The van der Waals surface area contributed by atoms with Gasteiger partial charge in [-0.1, -0.05) is 0 Å². The van der Waals surface area contributed by atoms with Gasteiger partial charge < -0.3 is 10.1 Å². The Kier molecular flexibility index (Phi) is 9.21. The maximum Gasteiger partial charge on any atom is 0.0469 e. The van der Waals surface area contributed by atoms with Gasteiger partial charge >= 0.3 is 0 Å². The van der Waals surface area contributed by atoms with E-state index in [1.54, 1.807) is 0 Å². The molecule has 0 unspecified atom stereocenters. The van der Waals surface area contributed by atoms with E-state index in [4.69, 9.17) is 4.74 Å². The molecule has 0 spiro atoms. The normalized spacial score (nSPS) is 21.5. The summed E-state index contributed by atoms with van der Waals surface area (Å²) in [5.41, 5.74) is 1.34. The van der Waals surface area contributed by atoms with Crippen LogP contribution in [0.15, 0.2) is 22.9 Å². The number of hydrogen-bond acceptors (Lipinski definition) is 4. The van der Waals surface area contributed by atoms with Crippen molar-refractivity contribution in [2.75, 3.05) is 39.4 Å². The molecule has 1 atom stereocenters. The van der Waals surface area contributed by atoms with Crippen LogP contribution >= 0.6 is 40.7 Å². The molecule has 3 heterocycles. The van der Waals surface area contributed by atoms with Gasteiger partial charge in [-0.25, -0.2) is 0 Å². The van der Waals surface area contributed by atoms with Gasteiger partial charge in [0, 0.05) is 62.3 Å². The summed E-state index contributed by atoms with van der Waals surface area (Å²) < 4.78 is 6.61. The largest absolute Gasteiger partial charge is 0.381 e. The smallest absolute Gasteiger partial charge is 0.0469 e. The van der Waals surface area contributed by atoms with Crippen LogP contribution in [0.3, 0.4) is 0 Å². The standard InChI is InChI=1S/C15H22BrN3O.2ClH/c16-14-9-13(10-18-11-14)15(12-1-7-20-8-2-12)19-5-3-17-4-6-19;;/h9-12,15,17H,1-8H2;2*1H/t15-;;/m1../s1. The Labute approximate surface area is 153 Å². The SMILES string of the molecule is Brc1cncc([C@@H](C2CCOCC2)N2CCNCC2)c1.Cl.Cl. The maximum absolute atomic E-state index is 5.54. The van der Waals surface area contributed by atoms with Gasteiger partial charge in [0.15, 0.2) is 0 Å². The zero-order valence-corrected chi connectivity index (χ0v) is 15.8. The number of ether oxygens (including phenoxy) is 1. The topological polar surface area (TPSA) is 37.4 Å². The zero-order valence-electron chi connectivity index (χ0n) is 12.5. The molecule has 7 heteroatoms.